The fourth-order valence-corrected chi connectivity index (χ4v) is 2.70. The minimum atomic E-state index is -0.726. The Kier molecular flexibility index (Phi) is 3.96. The number of hydrogen-bond acceptors (Lipinski definition) is 4. The molecule has 6 nitrogen and oxygen atoms in total. The SMILES string of the molecule is CCN1C(=O)C(=O)N(C[NH+](C)Cc2ccsc2)C1=O. The third-order valence-electron chi connectivity index (χ3n) is 2.97. The van der Waals surface area contributed by atoms with E-state index in [0.717, 1.165) is 20.3 Å². The lowest BCUT2D eigenvalue weighted by Crippen LogP contribution is -3.09. The molecule has 2 heterocycles. The number of rotatable bonds is 5. The Morgan fingerprint density at radius 2 is 1.89 bits per heavy atom. The molecule has 19 heavy (non-hydrogen) atoms. The summed E-state index contributed by atoms with van der Waals surface area (Å²) in [5, 5.41) is 4.01. The van der Waals surface area contributed by atoms with Crippen molar-refractivity contribution >= 4 is 29.2 Å². The van der Waals surface area contributed by atoms with Crippen molar-refractivity contribution in [2.24, 2.45) is 0 Å². The van der Waals surface area contributed by atoms with Gasteiger partial charge in [-0.25, -0.2) is 9.69 Å². The van der Waals surface area contributed by atoms with Crippen LogP contribution in [0.15, 0.2) is 16.8 Å². The lowest BCUT2D eigenvalue weighted by atomic mass is 10.3. The Hall–Kier alpha value is -1.73. The van der Waals surface area contributed by atoms with E-state index < -0.39 is 17.8 Å². The topological polar surface area (TPSA) is 62.1 Å². The fraction of sp³-hybridized carbons (Fsp3) is 0.417. The normalized spacial score (nSPS) is 17.5. The van der Waals surface area contributed by atoms with Gasteiger partial charge in [-0.15, -0.1) is 0 Å². The van der Waals surface area contributed by atoms with Gasteiger partial charge in [0.2, 0.25) is 0 Å². The molecule has 4 amide bonds. The van der Waals surface area contributed by atoms with E-state index in [0.29, 0.717) is 6.54 Å². The standard InChI is InChI=1S/C12H15N3O3S/c1-3-14-10(16)11(17)15(12(14)18)8-13(2)6-9-4-5-19-7-9/h4-5,7H,3,6,8H2,1-2H3/p+1. The molecule has 0 aromatic carbocycles. The summed E-state index contributed by atoms with van der Waals surface area (Å²) < 4.78 is 0. The van der Waals surface area contributed by atoms with E-state index in [1.165, 1.54) is 0 Å². The average molecular weight is 282 g/mol. The summed E-state index contributed by atoms with van der Waals surface area (Å²) in [6.45, 7) is 2.81. The predicted octanol–water partition coefficient (Wildman–Crippen LogP) is -0.469. The maximum Gasteiger partial charge on any atom is 0.338 e. The summed E-state index contributed by atoms with van der Waals surface area (Å²) in [6.07, 6.45) is 0. The molecular weight excluding hydrogens is 266 g/mol. The van der Waals surface area contributed by atoms with Crippen LogP contribution in [0.1, 0.15) is 12.5 Å². The lowest BCUT2D eigenvalue weighted by Gasteiger charge is -2.19. The van der Waals surface area contributed by atoms with Gasteiger partial charge in [0.15, 0.2) is 6.67 Å². The Labute approximate surface area is 115 Å². The maximum absolute atomic E-state index is 11.9. The van der Waals surface area contributed by atoms with Crippen LogP contribution in [0.3, 0.4) is 0 Å². The van der Waals surface area contributed by atoms with Crippen molar-refractivity contribution in [3.63, 3.8) is 0 Å². The number of quaternary nitrogens is 1. The van der Waals surface area contributed by atoms with Crippen molar-refractivity contribution in [1.29, 1.82) is 0 Å². The Balaban J connectivity index is 2.00. The molecule has 1 aromatic heterocycles. The number of thiophene rings is 1. The molecule has 2 rings (SSSR count). The van der Waals surface area contributed by atoms with Crippen LogP contribution in [0, 0.1) is 0 Å². The number of amides is 4. The fourth-order valence-electron chi connectivity index (χ4n) is 2.04. The monoisotopic (exact) mass is 282 g/mol. The summed E-state index contributed by atoms with van der Waals surface area (Å²) in [7, 11) is 1.89. The third-order valence-corrected chi connectivity index (χ3v) is 3.70. The van der Waals surface area contributed by atoms with Gasteiger partial charge in [-0.3, -0.25) is 14.5 Å². The zero-order chi connectivity index (χ0) is 14.0. The van der Waals surface area contributed by atoms with Crippen molar-refractivity contribution in [3.8, 4) is 0 Å². The first-order chi connectivity index (χ1) is 9.04. The number of carbonyl (C=O) groups excluding carboxylic acids is 3. The first kappa shape index (κ1) is 13.7. The van der Waals surface area contributed by atoms with Gasteiger partial charge >= 0.3 is 17.8 Å². The number of nitrogens with zero attached hydrogens (tertiary/aromatic N) is 2. The van der Waals surface area contributed by atoms with Gasteiger partial charge in [0.1, 0.15) is 6.54 Å². The third kappa shape index (κ3) is 2.66. The first-order valence-electron chi connectivity index (χ1n) is 6.04. The molecule has 1 fully saturated rings. The van der Waals surface area contributed by atoms with E-state index in [9.17, 15) is 14.4 Å². The minimum Gasteiger partial charge on any atom is -0.316 e. The molecule has 1 N–H and O–H groups in total. The average Bonchev–Trinajstić information content (AvgIpc) is 2.93. The number of nitrogens with one attached hydrogen (secondary N) is 1. The molecule has 1 unspecified atom stereocenters. The van der Waals surface area contributed by atoms with Crippen molar-refractivity contribution in [1.82, 2.24) is 9.80 Å². The molecule has 0 radical (unpaired) electrons. The number of likely N-dealkylation sites (N-methyl/N-ethyl adjacent to an activating group) is 1. The Bertz CT molecular complexity index is 500. The van der Waals surface area contributed by atoms with Crippen LogP contribution in [-0.2, 0) is 16.1 Å². The molecule has 0 bridgehead atoms. The Morgan fingerprint density at radius 3 is 2.42 bits per heavy atom. The highest BCUT2D eigenvalue weighted by atomic mass is 32.1. The van der Waals surface area contributed by atoms with E-state index in [-0.39, 0.29) is 13.2 Å². The summed E-state index contributed by atoms with van der Waals surface area (Å²) >= 11 is 1.61. The number of hydrogen-bond donors (Lipinski definition) is 1. The molecule has 0 aliphatic carbocycles. The zero-order valence-corrected chi connectivity index (χ0v) is 11.7. The van der Waals surface area contributed by atoms with Crippen molar-refractivity contribution in [2.45, 2.75) is 13.5 Å². The summed E-state index contributed by atoms with van der Waals surface area (Å²) in [6, 6.07) is 1.49. The van der Waals surface area contributed by atoms with Gasteiger partial charge < -0.3 is 4.90 Å². The van der Waals surface area contributed by atoms with E-state index >= 15 is 0 Å². The van der Waals surface area contributed by atoms with Gasteiger partial charge in [0.25, 0.3) is 0 Å². The number of urea groups is 1. The molecule has 1 aliphatic rings. The number of imide groups is 2. The molecule has 0 spiro atoms. The van der Waals surface area contributed by atoms with Crippen molar-refractivity contribution in [2.75, 3.05) is 20.3 Å². The van der Waals surface area contributed by atoms with Gasteiger partial charge in [-0.1, -0.05) is 0 Å². The van der Waals surface area contributed by atoms with E-state index in [4.69, 9.17) is 0 Å². The molecule has 102 valence electrons. The molecule has 0 saturated carbocycles. The maximum atomic E-state index is 11.9. The van der Waals surface area contributed by atoms with Crippen LogP contribution < -0.4 is 4.90 Å². The molecule has 7 heteroatoms. The minimum absolute atomic E-state index is 0.204. The summed E-state index contributed by atoms with van der Waals surface area (Å²) in [5.74, 6) is -1.45. The second-order valence-corrected chi connectivity index (χ2v) is 5.27. The van der Waals surface area contributed by atoms with Crippen molar-refractivity contribution < 1.29 is 19.3 Å². The second kappa shape index (κ2) is 5.50. The van der Waals surface area contributed by atoms with Gasteiger partial charge in [-0.2, -0.15) is 11.3 Å². The van der Waals surface area contributed by atoms with Gasteiger partial charge in [0, 0.05) is 12.1 Å². The van der Waals surface area contributed by atoms with Crippen LogP contribution in [0.25, 0.3) is 0 Å². The lowest BCUT2D eigenvalue weighted by molar-refractivity contribution is -0.901. The summed E-state index contributed by atoms with van der Waals surface area (Å²) in [5.41, 5.74) is 1.15. The molecule has 1 atom stereocenters. The largest absolute Gasteiger partial charge is 0.338 e. The van der Waals surface area contributed by atoms with E-state index in [1.54, 1.807) is 18.3 Å². The van der Waals surface area contributed by atoms with Crippen LogP contribution >= 0.6 is 11.3 Å². The Morgan fingerprint density at radius 1 is 1.21 bits per heavy atom. The van der Waals surface area contributed by atoms with Crippen LogP contribution in [0.5, 0.6) is 0 Å². The predicted molar refractivity (Wildman–Crippen MR) is 69.4 cm³/mol. The first-order valence-corrected chi connectivity index (χ1v) is 6.98. The van der Waals surface area contributed by atoms with Crippen LogP contribution in [0.2, 0.25) is 0 Å². The van der Waals surface area contributed by atoms with Crippen molar-refractivity contribution in [3.05, 3.63) is 22.4 Å². The van der Waals surface area contributed by atoms with Crippen LogP contribution in [-0.4, -0.2) is 47.9 Å². The summed E-state index contributed by atoms with van der Waals surface area (Å²) in [4.78, 5) is 38.2. The molecule has 1 saturated heterocycles. The highest BCUT2D eigenvalue weighted by Gasteiger charge is 2.44. The molecule has 1 aromatic rings. The number of carbonyl (C=O) groups is 3. The zero-order valence-electron chi connectivity index (χ0n) is 10.9. The van der Waals surface area contributed by atoms with Gasteiger partial charge in [-0.05, 0) is 23.8 Å². The van der Waals surface area contributed by atoms with Gasteiger partial charge in [0.05, 0.1) is 7.05 Å². The van der Waals surface area contributed by atoms with E-state index in [1.807, 2.05) is 23.9 Å². The molecule has 1 aliphatic heterocycles. The van der Waals surface area contributed by atoms with E-state index in [2.05, 4.69) is 0 Å². The van der Waals surface area contributed by atoms with Crippen LogP contribution in [0.4, 0.5) is 4.79 Å². The smallest absolute Gasteiger partial charge is 0.316 e. The molecular formula is C12H16N3O3S+. The highest BCUT2D eigenvalue weighted by molar-refractivity contribution is 7.07. The quantitative estimate of drug-likeness (QED) is 0.587. The second-order valence-electron chi connectivity index (χ2n) is 4.49. The highest BCUT2D eigenvalue weighted by Crippen LogP contribution is 2.09.